The molecule has 15 heavy (non-hydrogen) atoms. The fourth-order valence-electron chi connectivity index (χ4n) is 1.24. The van der Waals surface area contributed by atoms with E-state index in [0.717, 1.165) is 13.1 Å². The summed E-state index contributed by atoms with van der Waals surface area (Å²) in [5.41, 5.74) is 0. The number of hydrogen-bond acceptors (Lipinski definition) is 3. The summed E-state index contributed by atoms with van der Waals surface area (Å²) >= 11 is 0. The smallest absolute Gasteiger partial charge is 0.406 e. The second-order valence-corrected chi connectivity index (χ2v) is 3.09. The van der Waals surface area contributed by atoms with Crippen molar-refractivity contribution >= 4 is 12.0 Å². The summed E-state index contributed by atoms with van der Waals surface area (Å²) in [5.74, 6) is 0.131. The quantitative estimate of drug-likeness (QED) is 0.674. The van der Waals surface area contributed by atoms with Crippen LogP contribution in [0.1, 0.15) is 26.7 Å². The molecule has 0 fully saturated rings. The van der Waals surface area contributed by atoms with Crippen LogP contribution in [-0.4, -0.2) is 43.6 Å². The fourth-order valence-corrected chi connectivity index (χ4v) is 1.24. The third-order valence-corrected chi connectivity index (χ3v) is 2.14. The van der Waals surface area contributed by atoms with E-state index in [-0.39, 0.29) is 5.91 Å². The van der Waals surface area contributed by atoms with Gasteiger partial charge in [-0.1, -0.05) is 0 Å². The van der Waals surface area contributed by atoms with Gasteiger partial charge in [-0.05, 0) is 20.3 Å². The molecule has 5 nitrogen and oxygen atoms in total. The van der Waals surface area contributed by atoms with Crippen molar-refractivity contribution in [3.05, 3.63) is 0 Å². The number of nitrogens with zero attached hydrogens (tertiary/aromatic N) is 1. The van der Waals surface area contributed by atoms with Gasteiger partial charge in [0, 0.05) is 26.1 Å². The molecular weight excluding hydrogens is 196 g/mol. The van der Waals surface area contributed by atoms with E-state index in [4.69, 9.17) is 0 Å². The Morgan fingerprint density at radius 2 is 1.87 bits per heavy atom. The van der Waals surface area contributed by atoms with Gasteiger partial charge < -0.3 is 15.0 Å². The van der Waals surface area contributed by atoms with Gasteiger partial charge in [-0.2, -0.15) is 0 Å². The Bertz CT molecular complexity index is 203. The molecule has 0 aromatic heterocycles. The van der Waals surface area contributed by atoms with Gasteiger partial charge in [0.15, 0.2) is 0 Å². The van der Waals surface area contributed by atoms with Crippen molar-refractivity contribution in [2.75, 3.05) is 26.7 Å². The number of carbonyl (C=O) groups excluding carboxylic acids is 2. The van der Waals surface area contributed by atoms with Crippen molar-refractivity contribution in [3.8, 4) is 0 Å². The predicted octanol–water partition coefficient (Wildman–Crippen LogP) is 0.991. The molecule has 1 N–H and O–H groups in total. The normalized spacial score (nSPS) is 9.53. The lowest BCUT2D eigenvalue weighted by Gasteiger charge is -2.18. The monoisotopic (exact) mass is 216 g/mol. The molecule has 88 valence electrons. The molecule has 0 atom stereocenters. The SMILES string of the molecule is CCN(CC)C(=O)CCCNC(=O)OC. The molecule has 0 aliphatic heterocycles. The first-order chi connectivity index (χ1) is 7.15. The second-order valence-electron chi connectivity index (χ2n) is 3.09. The van der Waals surface area contributed by atoms with Gasteiger partial charge in [-0.25, -0.2) is 4.79 Å². The fraction of sp³-hybridized carbons (Fsp3) is 0.800. The van der Waals surface area contributed by atoms with Gasteiger partial charge in [0.2, 0.25) is 5.91 Å². The van der Waals surface area contributed by atoms with Gasteiger partial charge in [-0.3, -0.25) is 4.79 Å². The highest BCUT2D eigenvalue weighted by molar-refractivity contribution is 5.76. The Balaban J connectivity index is 3.58. The molecule has 0 heterocycles. The number of nitrogens with one attached hydrogen (secondary N) is 1. The number of methoxy groups -OCH3 is 1. The lowest BCUT2D eigenvalue weighted by atomic mass is 10.2. The highest BCUT2D eigenvalue weighted by Gasteiger charge is 2.08. The van der Waals surface area contributed by atoms with Gasteiger partial charge in [0.05, 0.1) is 7.11 Å². The molecule has 0 spiro atoms. The number of hydrogen-bond donors (Lipinski definition) is 1. The van der Waals surface area contributed by atoms with Crippen molar-refractivity contribution in [2.45, 2.75) is 26.7 Å². The van der Waals surface area contributed by atoms with Gasteiger partial charge >= 0.3 is 6.09 Å². The summed E-state index contributed by atoms with van der Waals surface area (Å²) in [6.45, 7) is 5.85. The third kappa shape index (κ3) is 5.93. The molecule has 0 rings (SSSR count). The molecule has 5 heteroatoms. The molecular formula is C10H20N2O3. The lowest BCUT2D eigenvalue weighted by Crippen LogP contribution is -2.31. The van der Waals surface area contributed by atoms with Crippen LogP contribution in [0.15, 0.2) is 0 Å². The highest BCUT2D eigenvalue weighted by atomic mass is 16.5. The zero-order chi connectivity index (χ0) is 11.7. The Hall–Kier alpha value is -1.26. The van der Waals surface area contributed by atoms with Crippen LogP contribution in [0, 0.1) is 0 Å². The zero-order valence-corrected chi connectivity index (χ0v) is 9.71. The van der Waals surface area contributed by atoms with Gasteiger partial charge in [0.25, 0.3) is 0 Å². The van der Waals surface area contributed by atoms with Crippen molar-refractivity contribution in [2.24, 2.45) is 0 Å². The van der Waals surface area contributed by atoms with Crippen LogP contribution < -0.4 is 5.32 Å². The van der Waals surface area contributed by atoms with Crippen molar-refractivity contribution in [1.29, 1.82) is 0 Å². The Morgan fingerprint density at radius 1 is 1.27 bits per heavy atom. The van der Waals surface area contributed by atoms with Crippen LogP contribution >= 0.6 is 0 Å². The maximum Gasteiger partial charge on any atom is 0.406 e. The van der Waals surface area contributed by atoms with Crippen LogP contribution in [0.25, 0.3) is 0 Å². The van der Waals surface area contributed by atoms with Gasteiger partial charge in [-0.15, -0.1) is 0 Å². The highest BCUT2D eigenvalue weighted by Crippen LogP contribution is 1.96. The first kappa shape index (κ1) is 13.7. The van der Waals surface area contributed by atoms with Crippen LogP contribution in [0.5, 0.6) is 0 Å². The lowest BCUT2D eigenvalue weighted by molar-refractivity contribution is -0.130. The molecule has 0 bridgehead atoms. The Morgan fingerprint density at radius 3 is 2.33 bits per heavy atom. The largest absolute Gasteiger partial charge is 0.453 e. The average Bonchev–Trinajstić information content (AvgIpc) is 2.25. The van der Waals surface area contributed by atoms with Crippen molar-refractivity contribution in [1.82, 2.24) is 10.2 Å². The minimum atomic E-state index is -0.453. The molecule has 0 saturated heterocycles. The average molecular weight is 216 g/mol. The molecule has 0 saturated carbocycles. The number of carbonyl (C=O) groups is 2. The number of alkyl carbamates (subject to hydrolysis) is 1. The third-order valence-electron chi connectivity index (χ3n) is 2.14. The minimum absolute atomic E-state index is 0.131. The molecule has 0 aromatic carbocycles. The topological polar surface area (TPSA) is 58.6 Å². The van der Waals surface area contributed by atoms with E-state index in [1.165, 1.54) is 7.11 Å². The van der Waals surface area contributed by atoms with Crippen molar-refractivity contribution < 1.29 is 14.3 Å². The van der Waals surface area contributed by atoms with E-state index in [9.17, 15) is 9.59 Å². The van der Waals surface area contributed by atoms with Crippen LogP contribution in [0.3, 0.4) is 0 Å². The Kier molecular flexibility index (Phi) is 7.40. The Labute approximate surface area is 90.8 Å². The summed E-state index contributed by atoms with van der Waals surface area (Å²) in [7, 11) is 1.32. The predicted molar refractivity (Wildman–Crippen MR) is 57.6 cm³/mol. The molecule has 0 unspecified atom stereocenters. The maximum absolute atomic E-state index is 11.5. The summed E-state index contributed by atoms with van der Waals surface area (Å²) in [4.78, 5) is 24.0. The van der Waals surface area contributed by atoms with E-state index >= 15 is 0 Å². The first-order valence-corrected chi connectivity index (χ1v) is 5.25. The molecule has 0 aliphatic rings. The second kappa shape index (κ2) is 8.08. The minimum Gasteiger partial charge on any atom is -0.453 e. The molecule has 0 radical (unpaired) electrons. The van der Waals surface area contributed by atoms with E-state index in [1.54, 1.807) is 4.90 Å². The number of ether oxygens (including phenoxy) is 1. The summed E-state index contributed by atoms with van der Waals surface area (Å²) < 4.78 is 4.40. The van der Waals surface area contributed by atoms with E-state index in [2.05, 4.69) is 10.1 Å². The van der Waals surface area contributed by atoms with Crippen LogP contribution in [0.2, 0.25) is 0 Å². The molecule has 2 amide bonds. The van der Waals surface area contributed by atoms with Crippen molar-refractivity contribution in [3.63, 3.8) is 0 Å². The van der Waals surface area contributed by atoms with Gasteiger partial charge in [0.1, 0.15) is 0 Å². The van der Waals surface area contributed by atoms with Crippen LogP contribution in [0.4, 0.5) is 4.79 Å². The summed E-state index contributed by atoms with van der Waals surface area (Å²) in [6, 6.07) is 0. The van der Waals surface area contributed by atoms with E-state index in [1.807, 2.05) is 13.8 Å². The molecule has 0 aliphatic carbocycles. The maximum atomic E-state index is 11.5. The first-order valence-electron chi connectivity index (χ1n) is 5.25. The molecule has 0 aromatic rings. The number of amides is 2. The van der Waals surface area contributed by atoms with E-state index in [0.29, 0.717) is 19.4 Å². The summed E-state index contributed by atoms with van der Waals surface area (Å²) in [5, 5.41) is 2.53. The standard InChI is InChI=1S/C10H20N2O3/c1-4-12(5-2)9(13)7-6-8-11-10(14)15-3/h4-8H2,1-3H3,(H,11,14). The summed E-state index contributed by atoms with van der Waals surface area (Å²) in [6.07, 6.45) is 0.654. The number of rotatable bonds is 6. The van der Waals surface area contributed by atoms with Crippen LogP contribution in [-0.2, 0) is 9.53 Å². The zero-order valence-electron chi connectivity index (χ0n) is 9.71. The van der Waals surface area contributed by atoms with E-state index < -0.39 is 6.09 Å².